The van der Waals surface area contributed by atoms with Crippen LogP contribution in [0.3, 0.4) is 0 Å². The van der Waals surface area contributed by atoms with Gasteiger partial charge in [-0.3, -0.25) is 4.98 Å². The van der Waals surface area contributed by atoms with Gasteiger partial charge in [-0.05, 0) is 18.2 Å². The van der Waals surface area contributed by atoms with Crippen LogP contribution in [0.25, 0.3) is 0 Å². The molecule has 1 aromatic carbocycles. The molecule has 0 atom stereocenters. The minimum atomic E-state index is 0.525. The highest BCUT2D eigenvalue weighted by Crippen LogP contribution is 2.31. The van der Waals surface area contributed by atoms with Crippen LogP contribution in [0.5, 0.6) is 11.5 Å². The van der Waals surface area contributed by atoms with Crippen molar-refractivity contribution in [2.45, 2.75) is 0 Å². The van der Waals surface area contributed by atoms with Gasteiger partial charge in [0.2, 0.25) is 0 Å². The molecule has 0 aliphatic heterocycles. The average molecular weight is 300 g/mol. The molecule has 1 heterocycles. The second kappa shape index (κ2) is 4.72. The predicted molar refractivity (Wildman–Crippen MR) is 67.9 cm³/mol. The fourth-order valence-electron chi connectivity index (χ4n) is 1.18. The average Bonchev–Trinajstić information content (AvgIpc) is 2.22. The van der Waals surface area contributed by atoms with Crippen LogP contribution in [0.15, 0.2) is 41.1 Å². The number of rotatable bonds is 2. The molecule has 0 bridgehead atoms. The number of nitrogen functional groups attached to an aromatic ring is 1. The van der Waals surface area contributed by atoms with Crippen molar-refractivity contribution >= 4 is 33.2 Å². The van der Waals surface area contributed by atoms with Crippen LogP contribution in [-0.4, -0.2) is 4.98 Å². The molecule has 2 N–H and O–H groups in total. The van der Waals surface area contributed by atoms with Crippen LogP contribution in [0.4, 0.5) is 5.69 Å². The van der Waals surface area contributed by atoms with Gasteiger partial charge < -0.3 is 10.5 Å². The second-order valence-electron chi connectivity index (χ2n) is 3.13. The predicted octanol–water partition coefficient (Wildman–Crippen LogP) is 3.87. The third-order valence-corrected chi connectivity index (χ3v) is 2.64. The van der Waals surface area contributed by atoms with Crippen molar-refractivity contribution in [3.05, 3.63) is 46.2 Å². The lowest BCUT2D eigenvalue weighted by molar-refractivity contribution is 0.481. The third kappa shape index (κ3) is 2.65. The van der Waals surface area contributed by atoms with E-state index >= 15 is 0 Å². The number of nitrogens with zero attached hydrogens (tertiary/aromatic N) is 1. The topological polar surface area (TPSA) is 48.1 Å². The standard InChI is InChI=1S/C11H8BrClN2O/c12-7-1-2-11(10(13)3-7)16-9-4-8(14)5-15-6-9/h1-6H,14H2. The first-order valence-electron chi connectivity index (χ1n) is 4.48. The van der Waals surface area contributed by atoms with Gasteiger partial charge in [-0.1, -0.05) is 27.5 Å². The van der Waals surface area contributed by atoms with E-state index in [1.807, 2.05) is 6.07 Å². The third-order valence-electron chi connectivity index (χ3n) is 1.86. The zero-order valence-corrected chi connectivity index (χ0v) is 10.5. The van der Waals surface area contributed by atoms with Crippen LogP contribution in [0, 0.1) is 0 Å². The molecule has 5 heteroatoms. The van der Waals surface area contributed by atoms with Gasteiger partial charge in [0.25, 0.3) is 0 Å². The highest BCUT2D eigenvalue weighted by atomic mass is 79.9. The minimum absolute atomic E-state index is 0.525. The Hall–Kier alpha value is -1.26. The number of hydrogen-bond donors (Lipinski definition) is 1. The Morgan fingerprint density at radius 1 is 1.25 bits per heavy atom. The molecule has 0 spiro atoms. The number of ether oxygens (including phenoxy) is 1. The molecule has 3 nitrogen and oxygen atoms in total. The molecule has 0 aliphatic carbocycles. The number of aromatic nitrogens is 1. The summed E-state index contributed by atoms with van der Waals surface area (Å²) in [6.07, 6.45) is 3.13. The van der Waals surface area contributed by atoms with Crippen molar-refractivity contribution in [3.8, 4) is 11.5 Å². The Balaban J connectivity index is 2.27. The fraction of sp³-hybridized carbons (Fsp3) is 0. The first kappa shape index (κ1) is 11.2. The highest BCUT2D eigenvalue weighted by Gasteiger charge is 2.04. The maximum Gasteiger partial charge on any atom is 0.147 e. The number of nitrogens with two attached hydrogens (primary N) is 1. The SMILES string of the molecule is Nc1cncc(Oc2ccc(Br)cc2Cl)c1. The minimum Gasteiger partial charge on any atom is -0.454 e. The van der Waals surface area contributed by atoms with E-state index in [0.29, 0.717) is 22.2 Å². The Bertz CT molecular complexity index is 519. The summed E-state index contributed by atoms with van der Waals surface area (Å²) >= 11 is 9.33. The van der Waals surface area contributed by atoms with E-state index in [0.717, 1.165) is 4.47 Å². The van der Waals surface area contributed by atoms with Crippen LogP contribution in [0.1, 0.15) is 0 Å². The van der Waals surface area contributed by atoms with Crippen molar-refractivity contribution in [1.82, 2.24) is 4.98 Å². The maximum atomic E-state index is 6.01. The Kier molecular flexibility index (Phi) is 3.31. The molecule has 0 saturated carbocycles. The molecule has 82 valence electrons. The molecule has 2 rings (SSSR count). The Morgan fingerprint density at radius 3 is 2.75 bits per heavy atom. The molecule has 0 radical (unpaired) electrons. The summed E-state index contributed by atoms with van der Waals surface area (Å²) in [6.45, 7) is 0. The fourth-order valence-corrected chi connectivity index (χ4v) is 1.89. The molecule has 1 aromatic heterocycles. The summed E-state index contributed by atoms with van der Waals surface area (Å²) in [4.78, 5) is 3.93. The molecule has 0 fully saturated rings. The number of halogens is 2. The van der Waals surface area contributed by atoms with Gasteiger partial charge in [0.05, 0.1) is 23.1 Å². The number of pyridine rings is 1. The van der Waals surface area contributed by atoms with Gasteiger partial charge in [-0.15, -0.1) is 0 Å². The molecule has 0 unspecified atom stereocenters. The van der Waals surface area contributed by atoms with Crippen molar-refractivity contribution < 1.29 is 4.74 Å². The lowest BCUT2D eigenvalue weighted by Gasteiger charge is -2.07. The Morgan fingerprint density at radius 2 is 2.06 bits per heavy atom. The summed E-state index contributed by atoms with van der Waals surface area (Å²) < 4.78 is 6.45. The van der Waals surface area contributed by atoms with Gasteiger partial charge in [0.1, 0.15) is 11.5 Å². The molecule has 2 aromatic rings. The zero-order chi connectivity index (χ0) is 11.5. The molecule has 0 aliphatic rings. The van der Waals surface area contributed by atoms with Crippen LogP contribution in [-0.2, 0) is 0 Å². The highest BCUT2D eigenvalue weighted by molar-refractivity contribution is 9.10. The van der Waals surface area contributed by atoms with E-state index in [-0.39, 0.29) is 0 Å². The van der Waals surface area contributed by atoms with Gasteiger partial charge in [0, 0.05) is 10.5 Å². The van der Waals surface area contributed by atoms with Gasteiger partial charge in [0.15, 0.2) is 0 Å². The summed E-state index contributed by atoms with van der Waals surface area (Å²) in [5.74, 6) is 1.13. The van der Waals surface area contributed by atoms with E-state index in [9.17, 15) is 0 Å². The summed E-state index contributed by atoms with van der Waals surface area (Å²) in [5.41, 5.74) is 6.14. The lowest BCUT2D eigenvalue weighted by Crippen LogP contribution is -1.90. The van der Waals surface area contributed by atoms with Crippen LogP contribution < -0.4 is 10.5 Å². The monoisotopic (exact) mass is 298 g/mol. The first-order chi connectivity index (χ1) is 7.65. The van der Waals surface area contributed by atoms with Gasteiger partial charge >= 0.3 is 0 Å². The molecule has 0 amide bonds. The van der Waals surface area contributed by atoms with Crippen molar-refractivity contribution in [2.75, 3.05) is 5.73 Å². The smallest absolute Gasteiger partial charge is 0.147 e. The van der Waals surface area contributed by atoms with E-state index in [1.165, 1.54) is 0 Å². The molecule has 16 heavy (non-hydrogen) atoms. The second-order valence-corrected chi connectivity index (χ2v) is 4.45. The summed E-state index contributed by atoms with van der Waals surface area (Å²) in [7, 11) is 0. The number of benzene rings is 1. The van der Waals surface area contributed by atoms with Gasteiger partial charge in [-0.25, -0.2) is 0 Å². The summed E-state index contributed by atoms with van der Waals surface area (Å²) in [6, 6.07) is 7.07. The normalized spacial score (nSPS) is 10.1. The molecule has 0 saturated heterocycles. The van der Waals surface area contributed by atoms with Crippen molar-refractivity contribution in [2.24, 2.45) is 0 Å². The molecular weight excluding hydrogens is 291 g/mol. The largest absolute Gasteiger partial charge is 0.454 e. The lowest BCUT2D eigenvalue weighted by atomic mass is 10.3. The van der Waals surface area contributed by atoms with Crippen LogP contribution in [0.2, 0.25) is 5.02 Å². The van der Waals surface area contributed by atoms with Crippen LogP contribution >= 0.6 is 27.5 Å². The molecular formula is C11H8BrClN2O. The number of anilines is 1. The van der Waals surface area contributed by atoms with Gasteiger partial charge in [-0.2, -0.15) is 0 Å². The summed E-state index contributed by atoms with van der Waals surface area (Å²) in [5, 5.41) is 0.525. The number of hydrogen-bond acceptors (Lipinski definition) is 3. The van der Waals surface area contributed by atoms with Crippen molar-refractivity contribution in [3.63, 3.8) is 0 Å². The maximum absolute atomic E-state index is 6.01. The first-order valence-corrected chi connectivity index (χ1v) is 5.65. The van der Waals surface area contributed by atoms with E-state index in [4.69, 9.17) is 22.1 Å². The Labute approximate surface area is 106 Å². The quantitative estimate of drug-likeness (QED) is 0.915. The van der Waals surface area contributed by atoms with E-state index < -0.39 is 0 Å². The van der Waals surface area contributed by atoms with E-state index in [2.05, 4.69) is 20.9 Å². The zero-order valence-electron chi connectivity index (χ0n) is 8.15. The van der Waals surface area contributed by atoms with E-state index in [1.54, 1.807) is 30.6 Å². The van der Waals surface area contributed by atoms with Crippen molar-refractivity contribution in [1.29, 1.82) is 0 Å².